The molecule has 1 saturated heterocycles. The first kappa shape index (κ1) is 17.0. The monoisotopic (exact) mass is 358 g/mol. The zero-order valence-corrected chi connectivity index (χ0v) is 15.0. The molecule has 3 rings (SSSR count). The van der Waals surface area contributed by atoms with Crippen molar-refractivity contribution in [3.8, 4) is 0 Å². The number of para-hydroxylation sites is 1. The third-order valence-corrected chi connectivity index (χ3v) is 5.17. The van der Waals surface area contributed by atoms with Crippen LogP contribution in [0.5, 0.6) is 0 Å². The van der Waals surface area contributed by atoms with Gasteiger partial charge in [-0.2, -0.15) is 0 Å². The number of amides is 1. The van der Waals surface area contributed by atoms with Gasteiger partial charge in [-0.15, -0.1) is 11.3 Å². The number of nitrogens with zero attached hydrogens (tertiary/aromatic N) is 2. The maximum atomic E-state index is 12.7. The topological polar surface area (TPSA) is 41.9 Å². The van der Waals surface area contributed by atoms with Crippen molar-refractivity contribution in [1.29, 1.82) is 0 Å². The van der Waals surface area contributed by atoms with Gasteiger partial charge < -0.3 is 4.74 Å². The Labute approximate surface area is 149 Å². The molecule has 6 heteroatoms. The Bertz CT molecular complexity index is 740. The number of hydrogen-bond donors (Lipinski definition) is 0. The number of thioether (sulfide) groups is 1. The minimum atomic E-state index is -0.0113. The molecule has 4 nitrogen and oxygen atoms in total. The summed E-state index contributed by atoms with van der Waals surface area (Å²) in [4.78, 5) is 20.8. The van der Waals surface area contributed by atoms with Crippen LogP contribution >= 0.6 is 23.1 Å². The predicted octanol–water partition coefficient (Wildman–Crippen LogP) is 4.39. The molecule has 1 aromatic heterocycles. The molecular weight excluding hydrogens is 340 g/mol. The summed E-state index contributed by atoms with van der Waals surface area (Å²) in [5, 5.41) is 2.70. The van der Waals surface area contributed by atoms with Gasteiger partial charge in [0.2, 0.25) is 0 Å². The van der Waals surface area contributed by atoms with Crippen molar-refractivity contribution in [2.45, 2.75) is 6.92 Å². The molecule has 0 bridgehead atoms. The summed E-state index contributed by atoms with van der Waals surface area (Å²) in [5.74, 6) is -0.0113. The third-order valence-electron chi connectivity index (χ3n) is 3.35. The molecule has 24 heavy (non-hydrogen) atoms. The SMILES string of the molecule is CCOCCN1C(=O)/C(=C/c2cccs2)SC1=Nc1ccccc1. The minimum absolute atomic E-state index is 0.0113. The van der Waals surface area contributed by atoms with Gasteiger partial charge in [0.05, 0.1) is 23.7 Å². The highest BCUT2D eigenvalue weighted by Crippen LogP contribution is 2.34. The Balaban J connectivity index is 1.87. The van der Waals surface area contributed by atoms with E-state index in [-0.39, 0.29) is 5.91 Å². The molecule has 0 saturated carbocycles. The maximum Gasteiger partial charge on any atom is 0.266 e. The van der Waals surface area contributed by atoms with Crippen LogP contribution in [0.1, 0.15) is 11.8 Å². The van der Waals surface area contributed by atoms with E-state index >= 15 is 0 Å². The van der Waals surface area contributed by atoms with E-state index in [1.54, 1.807) is 16.2 Å². The van der Waals surface area contributed by atoms with Crippen molar-refractivity contribution in [2.24, 2.45) is 4.99 Å². The Morgan fingerprint density at radius 1 is 1.21 bits per heavy atom. The largest absolute Gasteiger partial charge is 0.380 e. The molecular formula is C18H18N2O2S2. The number of ether oxygens (including phenoxy) is 1. The highest BCUT2D eigenvalue weighted by Gasteiger charge is 2.33. The molecule has 1 amide bonds. The number of hydrogen-bond acceptors (Lipinski definition) is 5. The van der Waals surface area contributed by atoms with Crippen molar-refractivity contribution in [3.05, 3.63) is 57.6 Å². The molecule has 124 valence electrons. The molecule has 0 aliphatic carbocycles. The maximum absolute atomic E-state index is 12.7. The van der Waals surface area contributed by atoms with Crippen LogP contribution in [0.3, 0.4) is 0 Å². The molecule has 1 aliphatic rings. The van der Waals surface area contributed by atoms with Gasteiger partial charge in [0.1, 0.15) is 0 Å². The molecule has 0 spiro atoms. The van der Waals surface area contributed by atoms with Crippen molar-refractivity contribution in [1.82, 2.24) is 4.90 Å². The van der Waals surface area contributed by atoms with Crippen LogP contribution in [0, 0.1) is 0 Å². The lowest BCUT2D eigenvalue weighted by Gasteiger charge is -2.15. The zero-order valence-electron chi connectivity index (χ0n) is 13.3. The van der Waals surface area contributed by atoms with Crippen LogP contribution in [0.25, 0.3) is 6.08 Å². The first-order valence-electron chi connectivity index (χ1n) is 7.74. The molecule has 1 fully saturated rings. The third kappa shape index (κ3) is 4.14. The summed E-state index contributed by atoms with van der Waals surface area (Å²) < 4.78 is 5.41. The van der Waals surface area contributed by atoms with E-state index in [2.05, 4.69) is 4.99 Å². The fourth-order valence-electron chi connectivity index (χ4n) is 2.20. The molecule has 0 radical (unpaired) electrons. The standard InChI is InChI=1S/C18H18N2O2S2/c1-2-22-11-10-20-17(21)16(13-15-9-6-12-23-15)24-18(20)19-14-7-4-3-5-8-14/h3-9,12-13H,2,10-11H2,1H3/b16-13-,19-18?. The minimum Gasteiger partial charge on any atom is -0.380 e. The van der Waals surface area contributed by atoms with E-state index in [4.69, 9.17) is 4.74 Å². The van der Waals surface area contributed by atoms with Crippen molar-refractivity contribution >= 4 is 45.9 Å². The van der Waals surface area contributed by atoms with E-state index in [1.165, 1.54) is 11.8 Å². The average molecular weight is 358 g/mol. The fourth-order valence-corrected chi connectivity index (χ4v) is 3.95. The van der Waals surface area contributed by atoms with Crippen molar-refractivity contribution < 1.29 is 9.53 Å². The number of carbonyl (C=O) groups excluding carboxylic acids is 1. The van der Waals surface area contributed by atoms with Gasteiger partial charge in [0.25, 0.3) is 5.91 Å². The summed E-state index contributed by atoms with van der Waals surface area (Å²) in [5.41, 5.74) is 0.839. The van der Waals surface area contributed by atoms with Crippen molar-refractivity contribution in [3.63, 3.8) is 0 Å². The van der Waals surface area contributed by atoms with Crippen LogP contribution in [-0.2, 0) is 9.53 Å². The quantitative estimate of drug-likeness (QED) is 0.568. The van der Waals surface area contributed by atoms with E-state index in [9.17, 15) is 4.79 Å². The normalized spacial score (nSPS) is 18.0. The lowest BCUT2D eigenvalue weighted by atomic mass is 10.3. The second-order valence-corrected chi connectivity index (χ2v) is 7.00. The summed E-state index contributed by atoms with van der Waals surface area (Å²) in [6.07, 6.45) is 1.93. The number of amidine groups is 1. The molecule has 0 unspecified atom stereocenters. The highest BCUT2D eigenvalue weighted by atomic mass is 32.2. The molecule has 0 atom stereocenters. The molecule has 2 heterocycles. The first-order valence-corrected chi connectivity index (χ1v) is 9.44. The summed E-state index contributed by atoms with van der Waals surface area (Å²) in [6, 6.07) is 13.7. The highest BCUT2D eigenvalue weighted by molar-refractivity contribution is 8.18. The fraction of sp³-hybridized carbons (Fsp3) is 0.222. The van der Waals surface area contributed by atoms with Crippen LogP contribution < -0.4 is 0 Å². The van der Waals surface area contributed by atoms with Gasteiger partial charge in [-0.05, 0) is 48.3 Å². The number of thiophene rings is 1. The number of aliphatic imine (C=N–C) groups is 1. The van der Waals surface area contributed by atoms with E-state index < -0.39 is 0 Å². The lowest BCUT2D eigenvalue weighted by molar-refractivity contribution is -0.122. The van der Waals surface area contributed by atoms with E-state index in [0.29, 0.717) is 29.8 Å². The second-order valence-electron chi connectivity index (χ2n) is 5.01. The number of rotatable bonds is 6. The molecule has 1 aromatic carbocycles. The van der Waals surface area contributed by atoms with E-state index in [1.807, 2.05) is 60.8 Å². The molecule has 1 aliphatic heterocycles. The average Bonchev–Trinajstić information content (AvgIpc) is 3.20. The molecule has 0 N–H and O–H groups in total. The van der Waals surface area contributed by atoms with E-state index in [0.717, 1.165) is 10.6 Å². The zero-order chi connectivity index (χ0) is 16.8. The molecule has 2 aromatic rings. The number of benzene rings is 1. The van der Waals surface area contributed by atoms with Crippen LogP contribution in [0.15, 0.2) is 57.7 Å². The lowest BCUT2D eigenvalue weighted by Crippen LogP contribution is -2.32. The van der Waals surface area contributed by atoms with Crippen LogP contribution in [0.2, 0.25) is 0 Å². The second kappa shape index (κ2) is 8.28. The smallest absolute Gasteiger partial charge is 0.266 e. The van der Waals surface area contributed by atoms with Gasteiger partial charge in [-0.25, -0.2) is 4.99 Å². The Hall–Kier alpha value is -1.89. The van der Waals surface area contributed by atoms with Gasteiger partial charge in [0, 0.05) is 11.5 Å². The predicted molar refractivity (Wildman–Crippen MR) is 102 cm³/mol. The first-order chi connectivity index (χ1) is 11.8. The number of carbonyl (C=O) groups is 1. The van der Waals surface area contributed by atoms with Crippen molar-refractivity contribution in [2.75, 3.05) is 19.8 Å². The summed E-state index contributed by atoms with van der Waals surface area (Å²) in [6.45, 7) is 3.59. The Kier molecular flexibility index (Phi) is 5.85. The Morgan fingerprint density at radius 2 is 2.04 bits per heavy atom. The summed E-state index contributed by atoms with van der Waals surface area (Å²) >= 11 is 3.03. The van der Waals surface area contributed by atoms with Gasteiger partial charge >= 0.3 is 0 Å². The van der Waals surface area contributed by atoms with Gasteiger partial charge in [-0.3, -0.25) is 9.69 Å². The van der Waals surface area contributed by atoms with Gasteiger partial charge in [-0.1, -0.05) is 24.3 Å². The van der Waals surface area contributed by atoms with Gasteiger partial charge in [0.15, 0.2) is 5.17 Å². The summed E-state index contributed by atoms with van der Waals surface area (Å²) in [7, 11) is 0. The van der Waals surface area contributed by atoms with Crippen LogP contribution in [-0.4, -0.2) is 35.7 Å². The Morgan fingerprint density at radius 3 is 2.75 bits per heavy atom. The van der Waals surface area contributed by atoms with Crippen LogP contribution in [0.4, 0.5) is 5.69 Å².